The fourth-order valence-corrected chi connectivity index (χ4v) is 4.86. The molecule has 3 N–H and O–H groups in total. The third-order valence-corrected chi connectivity index (χ3v) is 6.93. The molecule has 32 heavy (non-hydrogen) atoms. The number of carbonyl (C=O) groups is 2. The normalized spacial score (nSPS) is 25.4. The minimum Gasteiger partial charge on any atom is -0.478 e. The lowest BCUT2D eigenvalue weighted by atomic mass is 9.88. The lowest BCUT2D eigenvalue weighted by Gasteiger charge is -2.28. The van der Waals surface area contributed by atoms with Crippen molar-refractivity contribution in [3.8, 4) is 0 Å². The number of aliphatic hydroxyl groups excluding tert-OH is 1. The first-order valence-electron chi connectivity index (χ1n) is 11.3. The van der Waals surface area contributed by atoms with Gasteiger partial charge < -0.3 is 20.3 Å². The highest BCUT2D eigenvalue weighted by Gasteiger charge is 2.47. The van der Waals surface area contributed by atoms with Crippen molar-refractivity contribution in [2.75, 3.05) is 7.05 Å². The number of hydrogen-bond donors (Lipinski definition) is 3. The zero-order chi connectivity index (χ0) is 23.3. The van der Waals surface area contributed by atoms with Crippen molar-refractivity contribution in [2.24, 2.45) is 17.8 Å². The Morgan fingerprint density at radius 1 is 1.00 bits per heavy atom. The highest BCUT2D eigenvalue weighted by molar-refractivity contribution is 6.02. The first-order valence-corrected chi connectivity index (χ1v) is 11.3. The second-order valence-corrected chi connectivity index (χ2v) is 8.85. The molecular weight excluding hydrogens is 406 g/mol. The molecule has 2 aromatic carbocycles. The van der Waals surface area contributed by atoms with Gasteiger partial charge in [0.2, 0.25) is 0 Å². The van der Waals surface area contributed by atoms with E-state index in [4.69, 9.17) is 9.84 Å². The van der Waals surface area contributed by atoms with Crippen LogP contribution in [0.3, 0.4) is 0 Å². The average Bonchev–Trinajstić information content (AvgIpc) is 3.41. The summed E-state index contributed by atoms with van der Waals surface area (Å²) in [6, 6.07) is 16.0. The number of ether oxygens (including phenoxy) is 1. The van der Waals surface area contributed by atoms with E-state index >= 15 is 0 Å². The molecule has 0 aromatic heterocycles. The van der Waals surface area contributed by atoms with E-state index < -0.39 is 18.0 Å². The number of likely N-dealkylation sites (N-methyl/N-ethyl adjacent to an activating group) is 1. The Morgan fingerprint density at radius 2 is 1.59 bits per heavy atom. The molecule has 6 nitrogen and oxygen atoms in total. The molecule has 0 aliphatic heterocycles. The number of aromatic carboxylic acids is 1. The Balaban J connectivity index is 0.000000207. The zero-order valence-electron chi connectivity index (χ0n) is 18.9. The second-order valence-electron chi connectivity index (χ2n) is 8.85. The Labute approximate surface area is 189 Å². The molecule has 6 atom stereocenters. The summed E-state index contributed by atoms with van der Waals surface area (Å²) < 4.78 is 5.63. The van der Waals surface area contributed by atoms with Gasteiger partial charge in [0, 0.05) is 6.04 Å². The summed E-state index contributed by atoms with van der Waals surface area (Å²) in [5, 5.41) is 21.9. The maximum atomic E-state index is 12.3. The molecular formula is C26H33NO5. The summed E-state index contributed by atoms with van der Waals surface area (Å²) >= 11 is 0. The number of benzene rings is 2. The van der Waals surface area contributed by atoms with Crippen LogP contribution in [0.4, 0.5) is 0 Å². The van der Waals surface area contributed by atoms with Gasteiger partial charge in [0.1, 0.15) is 6.10 Å². The number of fused-ring (bicyclic) bond motifs is 2. The average molecular weight is 440 g/mol. The van der Waals surface area contributed by atoms with E-state index in [9.17, 15) is 14.7 Å². The van der Waals surface area contributed by atoms with Gasteiger partial charge in [0.15, 0.2) is 0 Å². The van der Waals surface area contributed by atoms with Crippen LogP contribution in [0, 0.1) is 17.8 Å². The number of hydrogen-bond acceptors (Lipinski definition) is 5. The smallest absolute Gasteiger partial charge is 0.339 e. The third-order valence-electron chi connectivity index (χ3n) is 6.93. The molecule has 2 aliphatic rings. The molecule has 2 aliphatic carbocycles. The largest absolute Gasteiger partial charge is 0.478 e. The molecule has 0 amide bonds. The first-order chi connectivity index (χ1) is 15.3. The predicted molar refractivity (Wildman–Crippen MR) is 123 cm³/mol. The van der Waals surface area contributed by atoms with E-state index in [-0.39, 0.29) is 23.3 Å². The lowest BCUT2D eigenvalue weighted by molar-refractivity contribution is -0.000663. The summed E-state index contributed by atoms with van der Waals surface area (Å²) in [6.07, 6.45) is 3.01. The minimum absolute atomic E-state index is 0.00769. The van der Waals surface area contributed by atoms with Gasteiger partial charge in [-0.25, -0.2) is 9.59 Å². The minimum atomic E-state index is -1.10. The summed E-state index contributed by atoms with van der Waals surface area (Å²) in [6.45, 7) is 4.09. The van der Waals surface area contributed by atoms with Crippen LogP contribution in [0.5, 0.6) is 0 Å². The molecule has 6 unspecified atom stereocenters. The SMILES string of the molecule is CC1C2CCC(C2)C1OC(=O)c1ccccc1C(=O)O.CNC(C)C(O)c1ccccc1. The summed E-state index contributed by atoms with van der Waals surface area (Å²) in [4.78, 5) is 23.4. The number of carboxylic acids is 1. The maximum Gasteiger partial charge on any atom is 0.339 e. The first kappa shape index (κ1) is 24.0. The second kappa shape index (κ2) is 10.7. The van der Waals surface area contributed by atoms with Gasteiger partial charge in [-0.05, 0) is 68.7 Å². The number of carbonyl (C=O) groups excluding carboxylic acids is 1. The number of nitrogens with one attached hydrogen (secondary N) is 1. The van der Waals surface area contributed by atoms with Gasteiger partial charge >= 0.3 is 11.9 Å². The highest BCUT2D eigenvalue weighted by atomic mass is 16.5. The Hall–Kier alpha value is -2.70. The molecule has 0 radical (unpaired) electrons. The highest BCUT2D eigenvalue weighted by Crippen LogP contribution is 2.49. The van der Waals surface area contributed by atoms with Crippen molar-refractivity contribution >= 4 is 11.9 Å². The molecule has 172 valence electrons. The van der Waals surface area contributed by atoms with E-state index in [1.54, 1.807) is 12.1 Å². The van der Waals surface area contributed by atoms with E-state index in [0.717, 1.165) is 18.4 Å². The predicted octanol–water partition coefficient (Wildman–Crippen LogP) is 4.30. The number of aliphatic hydroxyl groups is 1. The fraction of sp³-hybridized carbons (Fsp3) is 0.462. The summed E-state index contributed by atoms with van der Waals surface area (Å²) in [5.74, 6) is -0.107. The van der Waals surface area contributed by atoms with Crippen LogP contribution in [0.2, 0.25) is 0 Å². The van der Waals surface area contributed by atoms with Crippen LogP contribution in [0.1, 0.15) is 65.5 Å². The molecule has 2 saturated carbocycles. The van der Waals surface area contributed by atoms with Gasteiger partial charge in [-0.3, -0.25) is 0 Å². The number of carboxylic acid groups (broad SMARTS) is 1. The van der Waals surface area contributed by atoms with Crippen LogP contribution in [0.15, 0.2) is 54.6 Å². The Kier molecular flexibility index (Phi) is 8.04. The Morgan fingerprint density at radius 3 is 2.16 bits per heavy atom. The van der Waals surface area contributed by atoms with Crippen molar-refractivity contribution in [2.45, 2.75) is 51.4 Å². The Bertz CT molecular complexity index is 913. The van der Waals surface area contributed by atoms with Gasteiger partial charge in [0.25, 0.3) is 0 Å². The molecule has 0 saturated heterocycles. The van der Waals surface area contributed by atoms with Gasteiger partial charge in [0.05, 0.1) is 17.2 Å². The van der Waals surface area contributed by atoms with Gasteiger partial charge in [-0.15, -0.1) is 0 Å². The summed E-state index contributed by atoms with van der Waals surface area (Å²) in [7, 11) is 1.84. The van der Waals surface area contributed by atoms with Crippen molar-refractivity contribution < 1.29 is 24.5 Å². The van der Waals surface area contributed by atoms with Crippen molar-refractivity contribution in [1.29, 1.82) is 0 Å². The lowest BCUT2D eigenvalue weighted by Crippen LogP contribution is -2.31. The molecule has 2 aromatic rings. The van der Waals surface area contributed by atoms with E-state index in [1.165, 1.54) is 18.6 Å². The van der Waals surface area contributed by atoms with Crippen LogP contribution in [-0.2, 0) is 4.74 Å². The quantitative estimate of drug-likeness (QED) is 0.581. The molecule has 0 spiro atoms. The van der Waals surface area contributed by atoms with Crippen LogP contribution in [-0.4, -0.2) is 41.3 Å². The maximum absolute atomic E-state index is 12.3. The standard InChI is InChI=1S/C16H18O4.C10H15NO/c1-9-10-6-7-11(8-10)14(9)20-16(19)13-5-3-2-4-12(13)15(17)18;1-8(11-2)10(12)9-6-4-3-5-7-9/h2-5,9-11,14H,6-8H2,1H3,(H,17,18);3-8,10-12H,1-2H3. The monoisotopic (exact) mass is 439 g/mol. The molecule has 2 bridgehead atoms. The van der Waals surface area contributed by atoms with E-state index in [0.29, 0.717) is 17.8 Å². The number of esters is 1. The number of rotatable bonds is 6. The molecule has 2 fully saturated rings. The third kappa shape index (κ3) is 5.37. The van der Waals surface area contributed by atoms with E-state index in [1.807, 2.05) is 44.3 Å². The van der Waals surface area contributed by atoms with Crippen LogP contribution >= 0.6 is 0 Å². The van der Waals surface area contributed by atoms with Gasteiger partial charge in [-0.2, -0.15) is 0 Å². The van der Waals surface area contributed by atoms with E-state index in [2.05, 4.69) is 12.2 Å². The van der Waals surface area contributed by atoms with Crippen molar-refractivity contribution in [3.63, 3.8) is 0 Å². The van der Waals surface area contributed by atoms with Crippen LogP contribution in [0.25, 0.3) is 0 Å². The summed E-state index contributed by atoms with van der Waals surface area (Å²) in [5.41, 5.74) is 1.11. The van der Waals surface area contributed by atoms with Crippen LogP contribution < -0.4 is 5.32 Å². The van der Waals surface area contributed by atoms with Crippen molar-refractivity contribution in [1.82, 2.24) is 5.32 Å². The molecule has 6 heteroatoms. The zero-order valence-corrected chi connectivity index (χ0v) is 18.9. The van der Waals surface area contributed by atoms with Crippen molar-refractivity contribution in [3.05, 3.63) is 71.3 Å². The molecule has 0 heterocycles. The van der Waals surface area contributed by atoms with Gasteiger partial charge in [-0.1, -0.05) is 49.4 Å². The molecule has 4 rings (SSSR count). The fourth-order valence-electron chi connectivity index (χ4n) is 4.86. The topological polar surface area (TPSA) is 95.9 Å².